The summed E-state index contributed by atoms with van der Waals surface area (Å²) in [7, 11) is 0. The second kappa shape index (κ2) is 11.9. The molecular formula is C3H8NNaO3S. The molecule has 6 heteroatoms. The average Bonchev–Trinajstić information content (AvgIpc) is 1.81. The fourth-order valence-electron chi connectivity index (χ4n) is 0.196. The van der Waals surface area contributed by atoms with Crippen LogP contribution in [-0.2, 0) is 9.37 Å². The Kier molecular flexibility index (Phi) is 17.0. The summed E-state index contributed by atoms with van der Waals surface area (Å²) in [5.74, 6) is 0.693. The molecule has 0 aliphatic rings. The first kappa shape index (κ1) is 12.8. The van der Waals surface area contributed by atoms with Gasteiger partial charge < -0.3 is 11.0 Å². The second-order valence-electron chi connectivity index (χ2n) is 1.10. The summed E-state index contributed by atoms with van der Waals surface area (Å²) in [5.41, 5.74) is 5.12. The van der Waals surface area contributed by atoms with E-state index in [1.165, 1.54) is 0 Å². The van der Waals surface area contributed by atoms with Crippen molar-refractivity contribution >= 4 is 12.0 Å². The fraction of sp³-hybridized carbons (Fsp3) is 1.00. The summed E-state index contributed by atoms with van der Waals surface area (Å²) < 4.78 is 3.94. The van der Waals surface area contributed by atoms with Crippen molar-refractivity contribution in [3.05, 3.63) is 0 Å². The van der Waals surface area contributed by atoms with E-state index in [2.05, 4.69) is 9.37 Å². The third-order valence-corrected chi connectivity index (χ3v) is 1.11. The quantitative estimate of drug-likeness (QED) is 0.147. The molecule has 0 fully saturated rings. The summed E-state index contributed by atoms with van der Waals surface area (Å²) in [5, 5.41) is 12.2. The van der Waals surface area contributed by atoms with E-state index in [-0.39, 0.29) is 29.6 Å². The molecule has 4 nitrogen and oxygen atoms in total. The molecule has 50 valence electrons. The SMILES string of the molecule is NCCCSOO[O-].[Na+]. The van der Waals surface area contributed by atoms with Crippen LogP contribution >= 0.6 is 12.0 Å². The molecule has 9 heavy (non-hydrogen) atoms. The first-order valence-electron chi connectivity index (χ1n) is 2.20. The van der Waals surface area contributed by atoms with Crippen LogP contribution in [0.3, 0.4) is 0 Å². The van der Waals surface area contributed by atoms with Gasteiger partial charge in [0.25, 0.3) is 0 Å². The van der Waals surface area contributed by atoms with Crippen molar-refractivity contribution in [3.8, 4) is 0 Å². The van der Waals surface area contributed by atoms with Crippen molar-refractivity contribution in [2.45, 2.75) is 6.42 Å². The Morgan fingerprint density at radius 3 is 2.67 bits per heavy atom. The van der Waals surface area contributed by atoms with Gasteiger partial charge in [-0.1, -0.05) is 0 Å². The maximum atomic E-state index is 9.12. The van der Waals surface area contributed by atoms with E-state index in [0.29, 0.717) is 12.3 Å². The van der Waals surface area contributed by atoms with Crippen molar-refractivity contribution in [1.82, 2.24) is 0 Å². The topological polar surface area (TPSA) is 67.5 Å². The summed E-state index contributed by atoms with van der Waals surface area (Å²) >= 11 is 0.963. The third kappa shape index (κ3) is 12.4. The molecule has 0 rings (SSSR count). The first-order chi connectivity index (χ1) is 3.91. The summed E-state index contributed by atoms with van der Waals surface area (Å²) in [6.07, 6.45) is 0.827. The minimum absolute atomic E-state index is 0. The molecule has 0 radical (unpaired) electrons. The van der Waals surface area contributed by atoms with Gasteiger partial charge in [-0.05, 0) is 13.0 Å². The molecule has 2 N–H and O–H groups in total. The Morgan fingerprint density at radius 2 is 2.22 bits per heavy atom. The van der Waals surface area contributed by atoms with E-state index >= 15 is 0 Å². The number of rotatable bonds is 5. The Balaban J connectivity index is 0. The molecule has 0 unspecified atom stereocenters. The zero-order valence-electron chi connectivity index (χ0n) is 5.33. The number of nitrogens with two attached hydrogens (primary N) is 1. The van der Waals surface area contributed by atoms with Crippen LogP contribution in [0.4, 0.5) is 0 Å². The van der Waals surface area contributed by atoms with Crippen LogP contribution in [-0.4, -0.2) is 12.3 Å². The fourth-order valence-corrected chi connectivity index (χ4v) is 0.588. The van der Waals surface area contributed by atoms with Crippen molar-refractivity contribution < 1.29 is 44.2 Å². The Labute approximate surface area is 80.4 Å². The van der Waals surface area contributed by atoms with Gasteiger partial charge in [0.15, 0.2) is 0 Å². The van der Waals surface area contributed by atoms with Crippen molar-refractivity contribution in [3.63, 3.8) is 0 Å². The van der Waals surface area contributed by atoms with Crippen LogP contribution in [0.15, 0.2) is 0 Å². The Hall–Kier alpha value is 1.19. The van der Waals surface area contributed by atoms with E-state index in [1.54, 1.807) is 0 Å². The molecule has 0 aromatic rings. The predicted molar refractivity (Wildman–Crippen MR) is 28.3 cm³/mol. The predicted octanol–water partition coefficient (Wildman–Crippen LogP) is -3.79. The van der Waals surface area contributed by atoms with E-state index in [0.717, 1.165) is 18.5 Å². The van der Waals surface area contributed by atoms with Gasteiger partial charge in [0.05, 0.1) is 0 Å². The maximum Gasteiger partial charge on any atom is 1.00 e. The second-order valence-corrected chi connectivity index (χ2v) is 1.88. The van der Waals surface area contributed by atoms with Gasteiger partial charge in [-0.15, -0.1) is 0 Å². The molecule has 0 atom stereocenters. The van der Waals surface area contributed by atoms with Crippen molar-refractivity contribution in [2.24, 2.45) is 5.73 Å². The first-order valence-corrected chi connectivity index (χ1v) is 3.11. The molecule has 0 aliphatic heterocycles. The van der Waals surface area contributed by atoms with Gasteiger partial charge >= 0.3 is 29.6 Å². The van der Waals surface area contributed by atoms with Crippen LogP contribution in [0.1, 0.15) is 6.42 Å². The zero-order valence-corrected chi connectivity index (χ0v) is 8.15. The van der Waals surface area contributed by atoms with Gasteiger partial charge in [-0.25, -0.2) is 0 Å². The molecule has 0 aliphatic carbocycles. The van der Waals surface area contributed by atoms with Gasteiger partial charge in [0.1, 0.15) is 0 Å². The summed E-state index contributed by atoms with van der Waals surface area (Å²) in [6.45, 7) is 0.606. The molecule has 0 spiro atoms. The van der Waals surface area contributed by atoms with E-state index in [9.17, 15) is 0 Å². The largest absolute Gasteiger partial charge is 1.00 e. The molecule has 0 saturated carbocycles. The smallest absolute Gasteiger partial charge is 0.691 e. The minimum Gasteiger partial charge on any atom is -0.691 e. The van der Waals surface area contributed by atoms with Gasteiger partial charge in [0.2, 0.25) is 0 Å². The third-order valence-electron chi connectivity index (χ3n) is 0.508. The van der Waals surface area contributed by atoms with Gasteiger partial charge in [-0.2, -0.15) is 4.33 Å². The molecule has 0 amide bonds. The molecule has 0 aromatic heterocycles. The standard InChI is InChI=1S/C3H9NO3S.Na/c4-2-1-3-8-7-6-5;/h5H,1-4H2;/q;+1/p-1. The number of hydrogen-bond acceptors (Lipinski definition) is 5. The maximum absolute atomic E-state index is 9.12. The number of hydrogen-bond donors (Lipinski definition) is 1. The van der Waals surface area contributed by atoms with Crippen molar-refractivity contribution in [2.75, 3.05) is 12.3 Å². The molecule has 0 saturated heterocycles. The minimum atomic E-state index is 0. The zero-order chi connectivity index (χ0) is 6.24. The normalized spacial score (nSPS) is 8.67. The Bertz CT molecular complexity index is 44.0. The Morgan fingerprint density at radius 1 is 1.56 bits per heavy atom. The van der Waals surface area contributed by atoms with E-state index in [1.807, 2.05) is 0 Å². The van der Waals surface area contributed by atoms with Crippen LogP contribution in [0.2, 0.25) is 0 Å². The monoisotopic (exact) mass is 161 g/mol. The molecule has 0 aromatic carbocycles. The van der Waals surface area contributed by atoms with E-state index < -0.39 is 0 Å². The van der Waals surface area contributed by atoms with Crippen molar-refractivity contribution in [1.29, 1.82) is 0 Å². The van der Waals surface area contributed by atoms with Gasteiger partial charge in [-0.3, -0.25) is 5.04 Å². The van der Waals surface area contributed by atoms with Crippen LogP contribution in [0.5, 0.6) is 0 Å². The molecule has 0 bridgehead atoms. The van der Waals surface area contributed by atoms with Crippen LogP contribution in [0, 0.1) is 0 Å². The van der Waals surface area contributed by atoms with Gasteiger partial charge in [0, 0.05) is 17.8 Å². The summed E-state index contributed by atoms with van der Waals surface area (Å²) in [4.78, 5) is 0. The average molecular weight is 161 g/mol. The van der Waals surface area contributed by atoms with Crippen LogP contribution < -0.4 is 40.5 Å². The summed E-state index contributed by atoms with van der Waals surface area (Å²) in [6, 6.07) is 0. The van der Waals surface area contributed by atoms with E-state index in [4.69, 9.17) is 11.0 Å². The van der Waals surface area contributed by atoms with Crippen LogP contribution in [0.25, 0.3) is 0 Å². The molecule has 0 heterocycles. The molecular weight excluding hydrogens is 153 g/mol.